The van der Waals surface area contributed by atoms with Crippen molar-refractivity contribution in [2.24, 2.45) is 0 Å². The van der Waals surface area contributed by atoms with Gasteiger partial charge in [-0.05, 0) is 39.2 Å². The van der Waals surface area contributed by atoms with Crippen molar-refractivity contribution in [3.8, 4) is 0 Å². The second kappa shape index (κ2) is 7.41. The van der Waals surface area contributed by atoms with Gasteiger partial charge in [-0.1, -0.05) is 32.0 Å². The molecule has 0 aromatic heterocycles. The summed E-state index contributed by atoms with van der Waals surface area (Å²) in [5.74, 6) is -0.119. The fourth-order valence-electron chi connectivity index (χ4n) is 2.06. The van der Waals surface area contributed by atoms with Crippen LogP contribution in [0.5, 0.6) is 0 Å². The zero-order chi connectivity index (χ0) is 12.7. The molecular formula is C14H23FN2. The largest absolute Gasteiger partial charge is 0.313 e. The smallest absolute Gasteiger partial charge is 0.127 e. The molecule has 1 aromatic rings. The topological polar surface area (TPSA) is 15.3 Å². The Bertz CT molecular complexity index is 324. The van der Waals surface area contributed by atoms with Crippen molar-refractivity contribution >= 4 is 0 Å². The van der Waals surface area contributed by atoms with Gasteiger partial charge in [0.1, 0.15) is 5.82 Å². The van der Waals surface area contributed by atoms with Gasteiger partial charge in [0.25, 0.3) is 0 Å². The van der Waals surface area contributed by atoms with Crippen LogP contribution in [0.3, 0.4) is 0 Å². The summed E-state index contributed by atoms with van der Waals surface area (Å²) in [5.41, 5.74) is 0.766. The third-order valence-electron chi connectivity index (χ3n) is 3.26. The van der Waals surface area contributed by atoms with Gasteiger partial charge in [0, 0.05) is 11.6 Å². The van der Waals surface area contributed by atoms with E-state index >= 15 is 0 Å². The summed E-state index contributed by atoms with van der Waals surface area (Å²) in [4.78, 5) is 2.35. The summed E-state index contributed by atoms with van der Waals surface area (Å²) >= 11 is 0. The van der Waals surface area contributed by atoms with E-state index in [0.717, 1.165) is 31.6 Å². The van der Waals surface area contributed by atoms with Crippen LogP contribution in [0.25, 0.3) is 0 Å². The van der Waals surface area contributed by atoms with Gasteiger partial charge in [0.2, 0.25) is 0 Å². The predicted octanol–water partition coefficient (Wildman–Crippen LogP) is 2.82. The average Bonchev–Trinajstić information content (AvgIpc) is 2.36. The normalized spacial score (nSPS) is 13.0. The van der Waals surface area contributed by atoms with Gasteiger partial charge >= 0.3 is 0 Å². The molecule has 1 N–H and O–H groups in total. The predicted molar refractivity (Wildman–Crippen MR) is 70.6 cm³/mol. The average molecular weight is 238 g/mol. The number of nitrogens with one attached hydrogen (secondary N) is 1. The van der Waals surface area contributed by atoms with Crippen LogP contribution in [0, 0.1) is 5.82 Å². The Kier molecular flexibility index (Phi) is 6.16. The number of hydrogen-bond acceptors (Lipinski definition) is 2. The van der Waals surface area contributed by atoms with E-state index in [0.29, 0.717) is 0 Å². The highest BCUT2D eigenvalue weighted by Crippen LogP contribution is 2.19. The lowest BCUT2D eigenvalue weighted by atomic mass is 10.0. The minimum absolute atomic E-state index is 0.0943. The molecular weight excluding hydrogens is 215 g/mol. The second-order valence-corrected chi connectivity index (χ2v) is 4.18. The zero-order valence-electron chi connectivity index (χ0n) is 11.0. The first kappa shape index (κ1) is 14.1. The lowest BCUT2D eigenvalue weighted by Gasteiger charge is -2.23. The van der Waals surface area contributed by atoms with Gasteiger partial charge in [-0.15, -0.1) is 0 Å². The van der Waals surface area contributed by atoms with Crippen LogP contribution >= 0.6 is 0 Å². The number of benzene rings is 1. The molecule has 0 saturated carbocycles. The highest BCUT2D eigenvalue weighted by molar-refractivity contribution is 5.21. The summed E-state index contributed by atoms with van der Waals surface area (Å²) in [7, 11) is 1.89. The zero-order valence-corrected chi connectivity index (χ0v) is 11.0. The molecule has 0 aliphatic heterocycles. The molecule has 0 saturated heterocycles. The van der Waals surface area contributed by atoms with Crippen molar-refractivity contribution in [2.75, 3.05) is 26.7 Å². The molecule has 0 fully saturated rings. The Labute approximate surface area is 104 Å². The molecule has 3 heteroatoms. The third kappa shape index (κ3) is 4.10. The number of halogens is 1. The van der Waals surface area contributed by atoms with E-state index in [1.807, 2.05) is 19.2 Å². The molecule has 0 amide bonds. The molecule has 2 nitrogen and oxygen atoms in total. The maximum atomic E-state index is 13.7. The summed E-state index contributed by atoms with van der Waals surface area (Å²) in [5, 5.41) is 3.20. The van der Waals surface area contributed by atoms with E-state index in [9.17, 15) is 4.39 Å². The van der Waals surface area contributed by atoms with Crippen molar-refractivity contribution in [1.29, 1.82) is 0 Å². The Balaban J connectivity index is 2.63. The van der Waals surface area contributed by atoms with Crippen LogP contribution in [0.4, 0.5) is 4.39 Å². The molecule has 0 spiro atoms. The van der Waals surface area contributed by atoms with E-state index in [1.165, 1.54) is 6.07 Å². The number of rotatable bonds is 7. The van der Waals surface area contributed by atoms with Crippen molar-refractivity contribution < 1.29 is 4.39 Å². The van der Waals surface area contributed by atoms with Crippen LogP contribution in [-0.4, -0.2) is 31.6 Å². The van der Waals surface area contributed by atoms with Crippen molar-refractivity contribution in [1.82, 2.24) is 10.2 Å². The summed E-state index contributed by atoms with van der Waals surface area (Å²) in [6.07, 6.45) is 0.930. The van der Waals surface area contributed by atoms with E-state index in [4.69, 9.17) is 0 Å². The number of nitrogens with zero attached hydrogens (tertiary/aromatic N) is 1. The van der Waals surface area contributed by atoms with Gasteiger partial charge in [0.05, 0.1) is 0 Å². The fourth-order valence-corrected chi connectivity index (χ4v) is 2.06. The minimum Gasteiger partial charge on any atom is -0.313 e. The Morgan fingerprint density at radius 3 is 2.41 bits per heavy atom. The molecule has 0 aliphatic rings. The van der Waals surface area contributed by atoms with Gasteiger partial charge in [-0.3, -0.25) is 0 Å². The van der Waals surface area contributed by atoms with Crippen molar-refractivity contribution in [3.63, 3.8) is 0 Å². The third-order valence-corrected chi connectivity index (χ3v) is 3.26. The van der Waals surface area contributed by atoms with Crippen LogP contribution in [-0.2, 0) is 0 Å². The van der Waals surface area contributed by atoms with Crippen LogP contribution in [0.2, 0.25) is 0 Å². The molecule has 96 valence electrons. The van der Waals surface area contributed by atoms with Gasteiger partial charge in [-0.25, -0.2) is 4.39 Å². The van der Waals surface area contributed by atoms with Gasteiger partial charge < -0.3 is 10.2 Å². The molecule has 1 rings (SSSR count). The Morgan fingerprint density at radius 1 is 1.24 bits per heavy atom. The van der Waals surface area contributed by atoms with E-state index in [-0.39, 0.29) is 11.9 Å². The molecule has 0 bridgehead atoms. The monoisotopic (exact) mass is 238 g/mol. The van der Waals surface area contributed by atoms with E-state index in [1.54, 1.807) is 6.07 Å². The first-order valence-corrected chi connectivity index (χ1v) is 6.36. The minimum atomic E-state index is -0.119. The second-order valence-electron chi connectivity index (χ2n) is 4.18. The quantitative estimate of drug-likeness (QED) is 0.786. The highest BCUT2D eigenvalue weighted by atomic mass is 19.1. The lowest BCUT2D eigenvalue weighted by molar-refractivity contribution is 0.283. The van der Waals surface area contributed by atoms with Crippen LogP contribution in [0.1, 0.15) is 31.9 Å². The Hall–Kier alpha value is -0.930. The lowest BCUT2D eigenvalue weighted by Crippen LogP contribution is -2.28. The van der Waals surface area contributed by atoms with E-state index in [2.05, 4.69) is 24.1 Å². The van der Waals surface area contributed by atoms with Gasteiger partial charge in [-0.2, -0.15) is 0 Å². The maximum absolute atomic E-state index is 13.7. The summed E-state index contributed by atoms with van der Waals surface area (Å²) < 4.78 is 13.7. The molecule has 1 atom stereocenters. The SMILES string of the molecule is CCN(CC)CCC(NC)c1ccccc1F. The van der Waals surface area contributed by atoms with Crippen molar-refractivity contribution in [2.45, 2.75) is 26.3 Å². The Morgan fingerprint density at radius 2 is 1.88 bits per heavy atom. The molecule has 1 unspecified atom stereocenters. The summed E-state index contributed by atoms with van der Waals surface area (Å²) in [6.45, 7) is 7.39. The first-order chi connectivity index (χ1) is 8.22. The van der Waals surface area contributed by atoms with E-state index < -0.39 is 0 Å². The maximum Gasteiger partial charge on any atom is 0.127 e. The van der Waals surface area contributed by atoms with Gasteiger partial charge in [0.15, 0.2) is 0 Å². The molecule has 1 aromatic carbocycles. The van der Waals surface area contributed by atoms with Crippen molar-refractivity contribution in [3.05, 3.63) is 35.6 Å². The molecule has 0 aliphatic carbocycles. The standard InChI is InChI=1S/C14H23FN2/c1-4-17(5-2)11-10-14(16-3)12-8-6-7-9-13(12)15/h6-9,14,16H,4-5,10-11H2,1-3H3. The summed E-state index contributed by atoms with van der Waals surface area (Å²) in [6, 6.07) is 7.10. The van der Waals surface area contributed by atoms with Crippen LogP contribution in [0.15, 0.2) is 24.3 Å². The molecule has 17 heavy (non-hydrogen) atoms. The number of hydrogen-bond donors (Lipinski definition) is 1. The molecule has 0 radical (unpaired) electrons. The van der Waals surface area contributed by atoms with Crippen LogP contribution < -0.4 is 5.32 Å². The fraction of sp³-hybridized carbons (Fsp3) is 0.571. The molecule has 0 heterocycles. The first-order valence-electron chi connectivity index (χ1n) is 6.36. The highest BCUT2D eigenvalue weighted by Gasteiger charge is 2.14.